The molecule has 1 rings (SSSR count). The molecule has 1 atom stereocenters. The number of alkyl halides is 1. The minimum absolute atomic E-state index is 0.0690. The van der Waals surface area contributed by atoms with Crippen LogP contribution in [0.15, 0.2) is 18.2 Å². The summed E-state index contributed by atoms with van der Waals surface area (Å²) in [6, 6.07) is 4.48. The Hall–Kier alpha value is -1.25. The molecule has 14 heavy (non-hydrogen) atoms. The van der Waals surface area contributed by atoms with Crippen LogP contribution in [0.5, 0.6) is 11.5 Å². The molecule has 0 aliphatic carbocycles. The van der Waals surface area contributed by atoms with Gasteiger partial charge >= 0.3 is 0 Å². The maximum absolute atomic E-state index is 13.6. The van der Waals surface area contributed by atoms with E-state index in [2.05, 4.69) is 0 Å². The van der Waals surface area contributed by atoms with Gasteiger partial charge in [-0.2, -0.15) is 0 Å². The number of halogens is 1. The van der Waals surface area contributed by atoms with E-state index < -0.39 is 6.17 Å². The fraction of sp³-hybridized carbons (Fsp3) is 0.455. The molecule has 1 aromatic rings. The topological polar surface area (TPSA) is 29.5 Å². The van der Waals surface area contributed by atoms with E-state index in [4.69, 9.17) is 4.74 Å². The molecule has 0 fully saturated rings. The van der Waals surface area contributed by atoms with E-state index >= 15 is 0 Å². The highest BCUT2D eigenvalue weighted by Crippen LogP contribution is 2.33. The largest absolute Gasteiger partial charge is 0.508 e. The van der Waals surface area contributed by atoms with Crippen LogP contribution in [0, 0.1) is 0 Å². The molecule has 3 heteroatoms. The third-order valence-corrected chi connectivity index (χ3v) is 2.09. The van der Waals surface area contributed by atoms with Gasteiger partial charge in [-0.15, -0.1) is 0 Å². The van der Waals surface area contributed by atoms with Gasteiger partial charge in [-0.3, -0.25) is 0 Å². The lowest BCUT2D eigenvalue weighted by Gasteiger charge is -2.12. The first-order valence-electron chi connectivity index (χ1n) is 4.70. The number of phenolic OH excluding ortho intramolecular Hbond substituents is 1. The Morgan fingerprint density at radius 2 is 2.21 bits per heavy atom. The highest BCUT2D eigenvalue weighted by molar-refractivity contribution is 5.41. The summed E-state index contributed by atoms with van der Waals surface area (Å²) in [4.78, 5) is 0. The zero-order valence-corrected chi connectivity index (χ0v) is 8.46. The van der Waals surface area contributed by atoms with E-state index in [1.54, 1.807) is 6.07 Å². The van der Waals surface area contributed by atoms with Gasteiger partial charge in [-0.25, -0.2) is 4.39 Å². The number of aromatic hydroxyl groups is 1. The molecule has 0 aliphatic heterocycles. The Bertz CT molecular complexity index is 299. The predicted octanol–water partition coefficient (Wildman–Crippen LogP) is 3.21. The van der Waals surface area contributed by atoms with Crippen molar-refractivity contribution in [2.45, 2.75) is 25.9 Å². The number of methoxy groups -OCH3 is 1. The summed E-state index contributed by atoms with van der Waals surface area (Å²) in [5, 5.41) is 9.23. The highest BCUT2D eigenvalue weighted by atomic mass is 19.1. The number of hydrogen-bond donors (Lipinski definition) is 1. The SMILES string of the molecule is CCCC(F)c1cc(O)ccc1OC. The van der Waals surface area contributed by atoms with Crippen molar-refractivity contribution in [1.82, 2.24) is 0 Å². The van der Waals surface area contributed by atoms with E-state index in [0.29, 0.717) is 17.7 Å². The zero-order valence-electron chi connectivity index (χ0n) is 8.46. The minimum Gasteiger partial charge on any atom is -0.508 e. The van der Waals surface area contributed by atoms with Crippen LogP contribution in [0.2, 0.25) is 0 Å². The molecular weight excluding hydrogens is 183 g/mol. The van der Waals surface area contributed by atoms with Gasteiger partial charge in [0.05, 0.1) is 7.11 Å². The molecule has 0 bridgehead atoms. The number of benzene rings is 1. The van der Waals surface area contributed by atoms with E-state index in [1.165, 1.54) is 19.2 Å². The van der Waals surface area contributed by atoms with Gasteiger partial charge in [0.15, 0.2) is 0 Å². The first kappa shape index (κ1) is 10.8. The molecule has 1 aromatic carbocycles. The van der Waals surface area contributed by atoms with E-state index in [-0.39, 0.29) is 5.75 Å². The van der Waals surface area contributed by atoms with Crippen molar-refractivity contribution >= 4 is 0 Å². The van der Waals surface area contributed by atoms with Gasteiger partial charge in [0.25, 0.3) is 0 Å². The van der Waals surface area contributed by atoms with Gasteiger partial charge in [0.2, 0.25) is 0 Å². The van der Waals surface area contributed by atoms with Crippen molar-refractivity contribution in [3.05, 3.63) is 23.8 Å². The van der Waals surface area contributed by atoms with Gasteiger partial charge < -0.3 is 9.84 Å². The van der Waals surface area contributed by atoms with Crippen molar-refractivity contribution in [2.75, 3.05) is 7.11 Å². The lowest BCUT2D eigenvalue weighted by molar-refractivity contribution is 0.304. The number of rotatable bonds is 4. The van der Waals surface area contributed by atoms with Crippen molar-refractivity contribution in [3.63, 3.8) is 0 Å². The van der Waals surface area contributed by atoms with E-state index in [0.717, 1.165) is 6.42 Å². The highest BCUT2D eigenvalue weighted by Gasteiger charge is 2.14. The Kier molecular flexibility index (Phi) is 3.74. The van der Waals surface area contributed by atoms with Crippen LogP contribution in [-0.4, -0.2) is 12.2 Å². The molecule has 0 aromatic heterocycles. The molecule has 0 spiro atoms. The summed E-state index contributed by atoms with van der Waals surface area (Å²) in [6.07, 6.45) is 0.141. The van der Waals surface area contributed by atoms with Crippen LogP contribution in [0.1, 0.15) is 31.5 Å². The smallest absolute Gasteiger partial charge is 0.129 e. The summed E-state index contributed by atoms with van der Waals surface area (Å²) in [6.45, 7) is 1.92. The van der Waals surface area contributed by atoms with Crippen LogP contribution < -0.4 is 4.74 Å². The summed E-state index contributed by atoms with van der Waals surface area (Å²) in [5.74, 6) is 0.559. The van der Waals surface area contributed by atoms with Crippen LogP contribution in [-0.2, 0) is 0 Å². The summed E-state index contributed by atoms with van der Waals surface area (Å²) in [7, 11) is 1.49. The molecule has 1 N–H and O–H groups in total. The molecule has 0 radical (unpaired) electrons. The second kappa shape index (κ2) is 4.84. The first-order valence-corrected chi connectivity index (χ1v) is 4.70. The monoisotopic (exact) mass is 198 g/mol. The molecule has 0 aliphatic rings. The maximum atomic E-state index is 13.6. The number of hydrogen-bond acceptors (Lipinski definition) is 2. The average molecular weight is 198 g/mol. The zero-order chi connectivity index (χ0) is 10.6. The standard InChI is InChI=1S/C11H15FO2/c1-3-4-10(12)9-7-8(13)5-6-11(9)14-2/h5-7,10,13H,3-4H2,1-2H3. The second-order valence-electron chi connectivity index (χ2n) is 3.18. The van der Waals surface area contributed by atoms with E-state index in [1.807, 2.05) is 6.92 Å². The van der Waals surface area contributed by atoms with Crippen LogP contribution in [0.3, 0.4) is 0 Å². The van der Waals surface area contributed by atoms with Crippen LogP contribution >= 0.6 is 0 Å². The normalized spacial score (nSPS) is 12.5. The van der Waals surface area contributed by atoms with Gasteiger partial charge in [0.1, 0.15) is 17.7 Å². The number of ether oxygens (including phenoxy) is 1. The lowest BCUT2D eigenvalue weighted by Crippen LogP contribution is -1.96. The molecule has 0 heterocycles. The summed E-state index contributed by atoms with van der Waals surface area (Å²) < 4.78 is 18.6. The van der Waals surface area contributed by atoms with Crippen molar-refractivity contribution in [3.8, 4) is 11.5 Å². The summed E-state index contributed by atoms with van der Waals surface area (Å²) >= 11 is 0. The molecule has 2 nitrogen and oxygen atoms in total. The Labute approximate surface area is 83.3 Å². The van der Waals surface area contributed by atoms with Crippen LogP contribution in [0.25, 0.3) is 0 Å². The van der Waals surface area contributed by atoms with Crippen molar-refractivity contribution in [2.24, 2.45) is 0 Å². The van der Waals surface area contributed by atoms with Gasteiger partial charge in [-0.1, -0.05) is 13.3 Å². The second-order valence-corrected chi connectivity index (χ2v) is 3.18. The molecule has 1 unspecified atom stereocenters. The fourth-order valence-electron chi connectivity index (χ4n) is 1.38. The predicted molar refractivity (Wildman–Crippen MR) is 53.4 cm³/mol. The molecule has 0 saturated heterocycles. The molecule has 0 saturated carbocycles. The quantitative estimate of drug-likeness (QED) is 0.804. The van der Waals surface area contributed by atoms with Gasteiger partial charge in [-0.05, 0) is 24.6 Å². The Morgan fingerprint density at radius 1 is 1.50 bits per heavy atom. The Balaban J connectivity index is 2.97. The van der Waals surface area contributed by atoms with Crippen molar-refractivity contribution in [1.29, 1.82) is 0 Å². The van der Waals surface area contributed by atoms with Gasteiger partial charge in [0, 0.05) is 5.56 Å². The lowest BCUT2D eigenvalue weighted by atomic mass is 10.1. The fourth-order valence-corrected chi connectivity index (χ4v) is 1.38. The Morgan fingerprint density at radius 3 is 2.79 bits per heavy atom. The maximum Gasteiger partial charge on any atom is 0.129 e. The van der Waals surface area contributed by atoms with E-state index in [9.17, 15) is 9.50 Å². The summed E-state index contributed by atoms with van der Waals surface area (Å²) in [5.41, 5.74) is 0.425. The van der Waals surface area contributed by atoms with Crippen molar-refractivity contribution < 1.29 is 14.2 Å². The molecule has 0 amide bonds. The third-order valence-electron chi connectivity index (χ3n) is 2.09. The average Bonchev–Trinajstić information content (AvgIpc) is 2.18. The first-order chi connectivity index (χ1) is 6.69. The third kappa shape index (κ3) is 2.37. The molecule has 78 valence electrons. The minimum atomic E-state index is -1.07. The molecular formula is C11H15FO2. The number of phenols is 1. The van der Waals surface area contributed by atoms with Crippen LogP contribution in [0.4, 0.5) is 4.39 Å².